The van der Waals surface area contributed by atoms with Crippen LogP contribution in [0.5, 0.6) is 5.88 Å². The lowest BCUT2D eigenvalue weighted by Gasteiger charge is -2.28. The first-order chi connectivity index (χ1) is 20.3. The summed E-state index contributed by atoms with van der Waals surface area (Å²) in [7, 11) is 0. The fourth-order valence-corrected chi connectivity index (χ4v) is 5.33. The van der Waals surface area contributed by atoms with Crippen LogP contribution in [0.4, 0.5) is 17.6 Å². The third-order valence-electron chi connectivity index (χ3n) is 7.60. The number of aliphatic hydroxyl groups excluding tert-OH is 1. The summed E-state index contributed by atoms with van der Waals surface area (Å²) >= 11 is 0. The monoisotopic (exact) mass is 591 g/mol. The van der Waals surface area contributed by atoms with E-state index in [9.17, 15) is 22.7 Å². The van der Waals surface area contributed by atoms with Crippen LogP contribution in [0, 0.1) is 5.82 Å². The third-order valence-corrected chi connectivity index (χ3v) is 7.60. The van der Waals surface area contributed by atoms with Crippen LogP contribution < -0.4 is 10.1 Å². The molecule has 1 fully saturated rings. The molecule has 1 aromatic carbocycles. The van der Waals surface area contributed by atoms with Gasteiger partial charge in [0.05, 0.1) is 12.7 Å². The van der Waals surface area contributed by atoms with Gasteiger partial charge in [-0.2, -0.15) is 13.2 Å². The van der Waals surface area contributed by atoms with Crippen molar-refractivity contribution in [2.45, 2.75) is 89.0 Å². The highest BCUT2D eigenvalue weighted by Gasteiger charge is 2.28. The smallest absolute Gasteiger partial charge is 0.422 e. The Hall–Kier alpha value is -2.82. The lowest BCUT2D eigenvalue weighted by Crippen LogP contribution is -2.46. The van der Waals surface area contributed by atoms with Gasteiger partial charge < -0.3 is 19.9 Å². The summed E-state index contributed by atoms with van der Waals surface area (Å²) in [4.78, 5) is 8.60. The summed E-state index contributed by atoms with van der Waals surface area (Å²) in [5.74, 6) is -0.463. The maximum absolute atomic E-state index is 14.7. The van der Waals surface area contributed by atoms with Crippen molar-refractivity contribution in [2.24, 2.45) is 0 Å². The molecule has 0 saturated carbocycles. The number of ether oxygens (including phenoxy) is 2. The second kappa shape index (κ2) is 16.1. The van der Waals surface area contributed by atoms with Gasteiger partial charge in [-0.05, 0) is 61.9 Å². The summed E-state index contributed by atoms with van der Waals surface area (Å²) in [5, 5.41) is 14.1. The van der Waals surface area contributed by atoms with Crippen LogP contribution in [0.3, 0.4) is 0 Å². The third kappa shape index (κ3) is 10.5. The molecule has 10 heteroatoms. The number of alkyl halides is 3. The van der Waals surface area contributed by atoms with Crippen LogP contribution in [0.25, 0.3) is 10.9 Å². The van der Waals surface area contributed by atoms with Crippen molar-refractivity contribution in [2.75, 3.05) is 26.4 Å². The normalized spacial score (nSPS) is 17.5. The molecule has 2 atom stereocenters. The van der Waals surface area contributed by atoms with Crippen LogP contribution in [0.1, 0.15) is 74.6 Å². The summed E-state index contributed by atoms with van der Waals surface area (Å²) < 4.78 is 61.8. The van der Waals surface area contributed by atoms with Gasteiger partial charge in [0.25, 0.3) is 0 Å². The molecule has 3 aromatic rings. The van der Waals surface area contributed by atoms with Crippen LogP contribution in [-0.2, 0) is 17.6 Å². The molecule has 1 aliphatic rings. The topological polar surface area (TPSA) is 76.5 Å². The van der Waals surface area contributed by atoms with Gasteiger partial charge in [0.2, 0.25) is 5.88 Å². The second-order valence-corrected chi connectivity index (χ2v) is 11.1. The standard InChI is InChI=1S/C32H41F4N3O3/c33-27-12-9-11-26-24(18-23-13-14-30(38-20-23)42-22-32(34,35)36)19-25(39-31(26)27)10-7-5-3-1-2-4-6-8-16-37-28-15-17-41-21-29(28)40/h9,11-14,19-20,28-29,37,40H,1-8,10,15-18,21-22H2/t28-,29-/m0/s1. The molecule has 230 valence electrons. The number of halogens is 4. The number of nitrogens with zero attached hydrogens (tertiary/aromatic N) is 2. The molecule has 2 aromatic heterocycles. The minimum absolute atomic E-state index is 0.0919. The van der Waals surface area contributed by atoms with Crippen LogP contribution in [0.2, 0.25) is 0 Å². The molecule has 0 unspecified atom stereocenters. The minimum atomic E-state index is -4.42. The van der Waals surface area contributed by atoms with Crippen molar-refractivity contribution in [1.82, 2.24) is 15.3 Å². The number of rotatable bonds is 16. The minimum Gasteiger partial charge on any atom is -0.468 e. The molecule has 3 heterocycles. The maximum atomic E-state index is 14.7. The Morgan fingerprint density at radius 3 is 2.48 bits per heavy atom. The lowest BCUT2D eigenvalue weighted by molar-refractivity contribution is -0.154. The second-order valence-electron chi connectivity index (χ2n) is 11.1. The Morgan fingerprint density at radius 2 is 1.76 bits per heavy atom. The van der Waals surface area contributed by atoms with Crippen LogP contribution >= 0.6 is 0 Å². The first-order valence-electron chi connectivity index (χ1n) is 15.0. The Bertz CT molecular complexity index is 1240. The largest absolute Gasteiger partial charge is 0.468 e. The zero-order valence-electron chi connectivity index (χ0n) is 24.0. The van der Waals surface area contributed by atoms with E-state index in [0.29, 0.717) is 25.2 Å². The van der Waals surface area contributed by atoms with Gasteiger partial charge in [0, 0.05) is 36.0 Å². The van der Waals surface area contributed by atoms with Crippen molar-refractivity contribution >= 4 is 10.9 Å². The van der Waals surface area contributed by atoms with Crippen LogP contribution in [0.15, 0.2) is 42.6 Å². The number of para-hydroxylation sites is 1. The predicted octanol–water partition coefficient (Wildman–Crippen LogP) is 6.70. The van der Waals surface area contributed by atoms with Crippen molar-refractivity contribution in [1.29, 1.82) is 0 Å². The average molecular weight is 592 g/mol. The average Bonchev–Trinajstić information content (AvgIpc) is 2.96. The number of hydrogen-bond donors (Lipinski definition) is 2. The van der Waals surface area contributed by atoms with Gasteiger partial charge in [-0.15, -0.1) is 0 Å². The lowest BCUT2D eigenvalue weighted by atomic mass is 9.99. The molecule has 0 amide bonds. The van der Waals surface area contributed by atoms with Gasteiger partial charge in [0.1, 0.15) is 11.3 Å². The molecule has 1 aliphatic heterocycles. The molecule has 6 nitrogen and oxygen atoms in total. The molecule has 0 spiro atoms. The number of unbranched alkanes of at least 4 members (excludes halogenated alkanes) is 7. The molecule has 0 bridgehead atoms. The number of aromatic nitrogens is 2. The van der Waals surface area contributed by atoms with E-state index < -0.39 is 18.9 Å². The molecular weight excluding hydrogens is 550 g/mol. The summed E-state index contributed by atoms with van der Waals surface area (Å²) in [6.07, 6.45) is 7.83. The van der Waals surface area contributed by atoms with Crippen molar-refractivity contribution in [3.63, 3.8) is 0 Å². The molecule has 0 aliphatic carbocycles. The molecule has 2 N–H and O–H groups in total. The highest BCUT2D eigenvalue weighted by Crippen LogP contribution is 2.25. The van der Waals surface area contributed by atoms with E-state index in [0.717, 1.165) is 67.3 Å². The van der Waals surface area contributed by atoms with Gasteiger partial charge in [0.15, 0.2) is 6.61 Å². The van der Waals surface area contributed by atoms with E-state index in [2.05, 4.69) is 15.3 Å². The number of benzene rings is 1. The number of aliphatic hydroxyl groups is 1. The Kier molecular flexibility index (Phi) is 12.3. The quantitative estimate of drug-likeness (QED) is 0.143. The fraction of sp³-hybridized carbons (Fsp3) is 0.562. The summed E-state index contributed by atoms with van der Waals surface area (Å²) in [6, 6.07) is 10.1. The van der Waals surface area contributed by atoms with E-state index in [1.165, 1.54) is 44.0 Å². The van der Waals surface area contributed by atoms with Crippen molar-refractivity contribution in [3.8, 4) is 5.88 Å². The summed E-state index contributed by atoms with van der Waals surface area (Å²) in [5.41, 5.74) is 2.86. The van der Waals surface area contributed by atoms with E-state index >= 15 is 0 Å². The predicted molar refractivity (Wildman–Crippen MR) is 154 cm³/mol. The van der Waals surface area contributed by atoms with E-state index in [1.54, 1.807) is 12.1 Å². The van der Waals surface area contributed by atoms with E-state index in [4.69, 9.17) is 9.47 Å². The highest BCUT2D eigenvalue weighted by atomic mass is 19.4. The van der Waals surface area contributed by atoms with Crippen LogP contribution in [-0.4, -0.2) is 59.8 Å². The first kappa shape index (κ1) is 32.1. The molecule has 1 saturated heterocycles. The summed E-state index contributed by atoms with van der Waals surface area (Å²) in [6.45, 7) is 0.680. The number of hydrogen-bond acceptors (Lipinski definition) is 6. The van der Waals surface area contributed by atoms with Gasteiger partial charge in [-0.25, -0.2) is 14.4 Å². The van der Waals surface area contributed by atoms with Gasteiger partial charge in [-0.1, -0.05) is 56.7 Å². The highest BCUT2D eigenvalue weighted by molar-refractivity contribution is 5.83. The van der Waals surface area contributed by atoms with Crippen molar-refractivity contribution in [3.05, 3.63) is 65.2 Å². The fourth-order valence-electron chi connectivity index (χ4n) is 5.33. The first-order valence-corrected chi connectivity index (χ1v) is 15.0. The van der Waals surface area contributed by atoms with E-state index in [-0.39, 0.29) is 17.7 Å². The molecular formula is C32H41F4N3O3. The zero-order valence-corrected chi connectivity index (χ0v) is 24.0. The number of nitrogens with one attached hydrogen (secondary N) is 1. The van der Waals surface area contributed by atoms with E-state index in [1.807, 2.05) is 12.1 Å². The molecule has 42 heavy (non-hydrogen) atoms. The number of pyridine rings is 2. The van der Waals surface area contributed by atoms with Crippen molar-refractivity contribution < 1.29 is 32.1 Å². The zero-order chi connectivity index (χ0) is 29.8. The molecule has 0 radical (unpaired) electrons. The SMILES string of the molecule is O[C@H]1COCC[C@@H]1NCCCCCCCCCCc1cc(Cc2ccc(OCC(F)(F)F)nc2)c2cccc(F)c2n1. The molecule has 4 rings (SSSR count). The Labute approximate surface area is 244 Å². The number of aryl methyl sites for hydroxylation is 1. The van der Waals surface area contributed by atoms with Gasteiger partial charge >= 0.3 is 6.18 Å². The number of fused-ring (bicyclic) bond motifs is 1. The maximum Gasteiger partial charge on any atom is 0.422 e. The van der Waals surface area contributed by atoms with Gasteiger partial charge in [-0.3, -0.25) is 0 Å². The Morgan fingerprint density at radius 1 is 1.00 bits per heavy atom. The Balaban J connectivity index is 1.19.